The van der Waals surface area contributed by atoms with Crippen LogP contribution < -0.4 is 0 Å². The molecular formula is C13H9FN4S2. The van der Waals surface area contributed by atoms with Gasteiger partial charge in [0.05, 0.1) is 29.0 Å². The zero-order valence-electron chi connectivity index (χ0n) is 10.3. The first-order valence-corrected chi connectivity index (χ1v) is 7.72. The highest BCUT2D eigenvalue weighted by molar-refractivity contribution is 8.26. The number of rotatable bonds is 1. The summed E-state index contributed by atoms with van der Waals surface area (Å²) in [5, 5.41) is 6.65. The normalized spacial score (nSPS) is 18.4. The summed E-state index contributed by atoms with van der Waals surface area (Å²) in [4.78, 5) is 9.13. The molecule has 0 saturated carbocycles. The standard InChI is InChI=1S/C13H9FN4S2/c14-13-17-18-6-5-9(15-11(7-18)20-13)12-16-8-3-1-2-4-10(8)19-12/h1-5H,6-7H2. The Morgan fingerprint density at radius 2 is 2.15 bits per heavy atom. The first kappa shape index (κ1) is 12.0. The number of hydrogen-bond donors (Lipinski definition) is 0. The van der Waals surface area contributed by atoms with Crippen LogP contribution in [0.15, 0.2) is 40.4 Å². The van der Waals surface area contributed by atoms with E-state index >= 15 is 0 Å². The van der Waals surface area contributed by atoms with Gasteiger partial charge in [0.2, 0.25) is 0 Å². The fourth-order valence-electron chi connectivity index (χ4n) is 2.10. The maximum absolute atomic E-state index is 13.3. The van der Waals surface area contributed by atoms with Crippen molar-refractivity contribution in [3.63, 3.8) is 0 Å². The van der Waals surface area contributed by atoms with E-state index in [0.717, 1.165) is 37.7 Å². The Labute approximate surface area is 122 Å². The van der Waals surface area contributed by atoms with E-state index < -0.39 is 5.30 Å². The minimum Gasteiger partial charge on any atom is -0.283 e. The maximum atomic E-state index is 13.3. The molecule has 20 heavy (non-hydrogen) atoms. The minimum atomic E-state index is -0.450. The summed E-state index contributed by atoms with van der Waals surface area (Å²) in [6, 6.07) is 7.99. The summed E-state index contributed by atoms with van der Waals surface area (Å²) in [6.07, 6.45) is 1.95. The van der Waals surface area contributed by atoms with Gasteiger partial charge in [-0.25, -0.2) is 9.98 Å². The Morgan fingerprint density at radius 1 is 1.25 bits per heavy atom. The van der Waals surface area contributed by atoms with Gasteiger partial charge in [-0.2, -0.15) is 4.39 Å². The van der Waals surface area contributed by atoms with Crippen molar-refractivity contribution in [1.29, 1.82) is 0 Å². The van der Waals surface area contributed by atoms with Gasteiger partial charge in [0, 0.05) is 0 Å². The zero-order chi connectivity index (χ0) is 13.5. The number of benzene rings is 1. The van der Waals surface area contributed by atoms with Crippen LogP contribution >= 0.6 is 23.1 Å². The number of nitrogens with zero attached hydrogens (tertiary/aromatic N) is 4. The topological polar surface area (TPSA) is 40.9 Å². The lowest BCUT2D eigenvalue weighted by atomic mass is 10.3. The maximum Gasteiger partial charge on any atom is 0.270 e. The molecule has 0 N–H and O–H groups in total. The molecule has 2 aliphatic heterocycles. The predicted molar refractivity (Wildman–Crippen MR) is 82.7 cm³/mol. The van der Waals surface area contributed by atoms with Gasteiger partial charge in [-0.15, -0.1) is 16.4 Å². The van der Waals surface area contributed by atoms with Crippen LogP contribution in [0.2, 0.25) is 0 Å². The van der Waals surface area contributed by atoms with Crippen molar-refractivity contribution in [2.75, 3.05) is 13.1 Å². The predicted octanol–water partition coefficient (Wildman–Crippen LogP) is 3.34. The first-order chi connectivity index (χ1) is 9.78. The summed E-state index contributed by atoms with van der Waals surface area (Å²) < 4.78 is 14.5. The van der Waals surface area contributed by atoms with Crippen LogP contribution in [0.3, 0.4) is 0 Å². The largest absolute Gasteiger partial charge is 0.283 e. The number of aromatic nitrogens is 1. The summed E-state index contributed by atoms with van der Waals surface area (Å²) >= 11 is 2.59. The second kappa shape index (κ2) is 4.68. The molecule has 0 spiro atoms. The fourth-order valence-corrected chi connectivity index (χ4v) is 3.76. The van der Waals surface area contributed by atoms with E-state index in [1.807, 2.05) is 30.3 Å². The Bertz CT molecular complexity index is 745. The molecule has 4 rings (SSSR count). The van der Waals surface area contributed by atoms with Crippen molar-refractivity contribution in [2.45, 2.75) is 0 Å². The first-order valence-electron chi connectivity index (χ1n) is 6.08. The van der Waals surface area contributed by atoms with Gasteiger partial charge in [0.1, 0.15) is 10.1 Å². The van der Waals surface area contributed by atoms with Crippen molar-refractivity contribution in [2.24, 2.45) is 10.1 Å². The van der Waals surface area contributed by atoms with Gasteiger partial charge >= 0.3 is 0 Å². The minimum absolute atomic E-state index is 0.450. The number of thioether (sulfide) groups is 1. The Kier molecular flexibility index (Phi) is 2.82. The highest BCUT2D eigenvalue weighted by atomic mass is 32.2. The van der Waals surface area contributed by atoms with E-state index in [4.69, 9.17) is 0 Å². The molecule has 0 saturated heterocycles. The molecule has 2 aromatic rings. The number of halogens is 1. The van der Waals surface area contributed by atoms with Crippen molar-refractivity contribution in [1.82, 2.24) is 9.99 Å². The van der Waals surface area contributed by atoms with Crippen LogP contribution in [0.5, 0.6) is 0 Å². The quantitative estimate of drug-likeness (QED) is 0.811. The number of thiazole rings is 1. The van der Waals surface area contributed by atoms with Crippen molar-refractivity contribution in [3.05, 3.63) is 35.3 Å². The van der Waals surface area contributed by atoms with Crippen molar-refractivity contribution < 1.29 is 4.39 Å². The highest BCUT2D eigenvalue weighted by Gasteiger charge is 2.22. The molecule has 1 aromatic heterocycles. The molecule has 0 atom stereocenters. The van der Waals surface area contributed by atoms with Crippen LogP contribution in [0, 0.1) is 0 Å². The molecule has 0 fully saturated rings. The molecule has 7 heteroatoms. The third-order valence-electron chi connectivity index (χ3n) is 2.99. The van der Waals surface area contributed by atoms with Gasteiger partial charge in [0.25, 0.3) is 5.30 Å². The lowest BCUT2D eigenvalue weighted by Crippen LogP contribution is -2.27. The summed E-state index contributed by atoms with van der Waals surface area (Å²) in [5.74, 6) is 0. The molecule has 2 aliphatic rings. The molecule has 4 nitrogen and oxygen atoms in total. The van der Waals surface area contributed by atoms with Crippen LogP contribution in [0.4, 0.5) is 4.39 Å². The van der Waals surface area contributed by atoms with E-state index in [1.165, 1.54) is 0 Å². The average molecular weight is 304 g/mol. The van der Waals surface area contributed by atoms with E-state index in [9.17, 15) is 4.39 Å². The summed E-state index contributed by atoms with van der Waals surface area (Å²) in [6.45, 7) is 1.11. The van der Waals surface area contributed by atoms with Crippen molar-refractivity contribution in [3.8, 4) is 0 Å². The molecule has 0 radical (unpaired) electrons. The van der Waals surface area contributed by atoms with Crippen LogP contribution in [-0.4, -0.2) is 33.4 Å². The van der Waals surface area contributed by atoms with Gasteiger partial charge in [-0.05, 0) is 30.0 Å². The highest BCUT2D eigenvalue weighted by Crippen LogP contribution is 2.30. The Hall–Kier alpha value is -1.73. The third-order valence-corrected chi connectivity index (χ3v) is 4.76. The van der Waals surface area contributed by atoms with E-state index in [1.54, 1.807) is 16.3 Å². The smallest absolute Gasteiger partial charge is 0.270 e. The summed E-state index contributed by atoms with van der Waals surface area (Å²) in [5.41, 5.74) is 1.78. The molecule has 0 aliphatic carbocycles. The molecule has 100 valence electrons. The molecule has 3 heterocycles. The number of para-hydroxylation sites is 1. The summed E-state index contributed by atoms with van der Waals surface area (Å²) in [7, 11) is 0. The third kappa shape index (κ3) is 2.12. The van der Waals surface area contributed by atoms with E-state index in [-0.39, 0.29) is 0 Å². The molecule has 2 bridgehead atoms. The molecule has 0 amide bonds. The second-order valence-electron chi connectivity index (χ2n) is 4.38. The molecule has 1 aromatic carbocycles. The van der Waals surface area contributed by atoms with Crippen LogP contribution in [0.25, 0.3) is 15.9 Å². The van der Waals surface area contributed by atoms with Crippen molar-refractivity contribution >= 4 is 49.4 Å². The lowest BCUT2D eigenvalue weighted by Gasteiger charge is -2.19. The number of hydrazone groups is 1. The van der Waals surface area contributed by atoms with E-state index in [0.29, 0.717) is 13.1 Å². The monoisotopic (exact) mass is 304 g/mol. The fraction of sp³-hybridized carbons (Fsp3) is 0.154. The molecular weight excluding hydrogens is 295 g/mol. The van der Waals surface area contributed by atoms with Crippen LogP contribution in [-0.2, 0) is 0 Å². The SMILES string of the molecule is FC1=NN2CC=C(c3nc4ccccc4s3)N=C(C2)S1. The van der Waals surface area contributed by atoms with Gasteiger partial charge in [-0.3, -0.25) is 5.01 Å². The lowest BCUT2D eigenvalue weighted by molar-refractivity contribution is 0.364. The van der Waals surface area contributed by atoms with Gasteiger partial charge in [0.15, 0.2) is 0 Å². The second-order valence-corrected chi connectivity index (χ2v) is 6.43. The number of aliphatic imine (C=N–C) groups is 1. The Balaban J connectivity index is 1.77. The number of fused-ring (bicyclic) bond motifs is 3. The van der Waals surface area contributed by atoms with E-state index in [2.05, 4.69) is 15.1 Å². The number of hydrogen-bond acceptors (Lipinski definition) is 6. The molecule has 0 unspecified atom stereocenters. The average Bonchev–Trinajstić information content (AvgIpc) is 2.80. The Morgan fingerprint density at radius 3 is 3.05 bits per heavy atom. The van der Waals surface area contributed by atoms with Crippen LogP contribution in [0.1, 0.15) is 5.01 Å². The van der Waals surface area contributed by atoms with Gasteiger partial charge in [-0.1, -0.05) is 12.1 Å². The van der Waals surface area contributed by atoms with Gasteiger partial charge < -0.3 is 0 Å². The zero-order valence-corrected chi connectivity index (χ0v) is 11.9.